The number of aromatic nitrogens is 6. The highest BCUT2D eigenvalue weighted by Crippen LogP contribution is 2.24. The first-order chi connectivity index (χ1) is 14.1. The van der Waals surface area contributed by atoms with Crippen molar-refractivity contribution in [3.05, 3.63) is 46.3 Å². The minimum Gasteiger partial charge on any atom is -0.339 e. The molecule has 9 heteroatoms. The first-order valence-electron chi connectivity index (χ1n) is 9.92. The minimum absolute atomic E-state index is 0.0205. The van der Waals surface area contributed by atoms with Crippen molar-refractivity contribution >= 4 is 28.4 Å². The van der Waals surface area contributed by atoms with Gasteiger partial charge in [0.15, 0.2) is 11.0 Å². The zero-order valence-electron chi connectivity index (χ0n) is 16.8. The lowest BCUT2D eigenvalue weighted by molar-refractivity contribution is 0.362. The van der Waals surface area contributed by atoms with E-state index in [1.165, 1.54) is 11.8 Å². The summed E-state index contributed by atoms with van der Waals surface area (Å²) in [7, 11) is 0. The normalized spacial score (nSPS) is 11.9. The molecule has 0 spiro atoms. The summed E-state index contributed by atoms with van der Waals surface area (Å²) in [6, 6.07) is 7.59. The van der Waals surface area contributed by atoms with Crippen molar-refractivity contribution in [2.24, 2.45) is 0 Å². The molecule has 0 aliphatic heterocycles. The number of para-hydroxylation sites is 1. The number of thioether (sulfide) groups is 1. The fourth-order valence-electron chi connectivity index (χ4n) is 3.24. The quantitative estimate of drug-likeness (QED) is 0.319. The summed E-state index contributed by atoms with van der Waals surface area (Å²) in [5, 5.41) is 14.1. The van der Waals surface area contributed by atoms with Crippen molar-refractivity contribution in [1.29, 1.82) is 0 Å². The summed E-state index contributed by atoms with van der Waals surface area (Å²) >= 11 is 1.48. The smallest absolute Gasteiger partial charge is 0.262 e. The van der Waals surface area contributed by atoms with Gasteiger partial charge in [-0.1, -0.05) is 62.7 Å². The van der Waals surface area contributed by atoms with Crippen molar-refractivity contribution in [2.45, 2.75) is 63.4 Å². The first-order valence-corrected chi connectivity index (χ1v) is 10.9. The van der Waals surface area contributed by atoms with E-state index < -0.39 is 0 Å². The lowest BCUT2D eigenvalue weighted by Gasteiger charge is -2.10. The van der Waals surface area contributed by atoms with Crippen LogP contribution >= 0.6 is 11.8 Å². The van der Waals surface area contributed by atoms with E-state index in [2.05, 4.69) is 27.3 Å². The van der Waals surface area contributed by atoms with Crippen molar-refractivity contribution < 1.29 is 4.52 Å². The second-order valence-corrected chi connectivity index (χ2v) is 8.23. The van der Waals surface area contributed by atoms with Crippen LogP contribution in [0.2, 0.25) is 0 Å². The van der Waals surface area contributed by atoms with Gasteiger partial charge in [0, 0.05) is 12.5 Å². The Balaban J connectivity index is 1.74. The van der Waals surface area contributed by atoms with Crippen molar-refractivity contribution in [3.63, 3.8) is 0 Å². The lowest BCUT2D eigenvalue weighted by Crippen LogP contribution is -2.23. The van der Waals surface area contributed by atoms with E-state index in [1.54, 1.807) is 4.57 Å². The van der Waals surface area contributed by atoms with Gasteiger partial charge in [-0.05, 0) is 18.6 Å². The van der Waals surface area contributed by atoms with Crippen LogP contribution in [0, 0.1) is 0 Å². The maximum absolute atomic E-state index is 13.0. The van der Waals surface area contributed by atoms with E-state index >= 15 is 0 Å². The van der Waals surface area contributed by atoms with Crippen molar-refractivity contribution in [3.8, 4) is 0 Å². The van der Waals surface area contributed by atoms with Crippen LogP contribution in [0.1, 0.15) is 57.7 Å². The van der Waals surface area contributed by atoms with Crippen LogP contribution in [0.3, 0.4) is 0 Å². The van der Waals surface area contributed by atoms with Gasteiger partial charge in [0.25, 0.3) is 5.56 Å². The monoisotopic (exact) mass is 412 g/mol. The highest BCUT2D eigenvalue weighted by atomic mass is 32.2. The number of fused-ring (bicyclic) bond motifs is 3. The standard InChI is InChI=1S/C20H24N6O2S/c1-4-5-8-11-25-18(27)14-9-6-7-10-15(14)26-19(25)22-23-20(26)29-12-16-21-17(13(2)3)28-24-16/h6-7,9-10,13H,4-5,8,11-12H2,1-3H3. The molecule has 152 valence electrons. The Hall–Kier alpha value is -2.68. The Morgan fingerprint density at radius 3 is 2.76 bits per heavy atom. The van der Waals surface area contributed by atoms with E-state index in [0.717, 1.165) is 24.8 Å². The Morgan fingerprint density at radius 1 is 1.17 bits per heavy atom. The maximum atomic E-state index is 13.0. The summed E-state index contributed by atoms with van der Waals surface area (Å²) in [5.41, 5.74) is 0.788. The number of nitrogens with zero attached hydrogens (tertiary/aromatic N) is 6. The van der Waals surface area contributed by atoms with Crippen LogP contribution in [0.15, 0.2) is 38.7 Å². The van der Waals surface area contributed by atoms with Crippen LogP contribution in [-0.4, -0.2) is 29.3 Å². The van der Waals surface area contributed by atoms with Crippen LogP contribution in [0.5, 0.6) is 0 Å². The molecule has 1 aromatic carbocycles. The molecule has 0 saturated heterocycles. The van der Waals surface area contributed by atoms with Crippen molar-refractivity contribution in [2.75, 3.05) is 0 Å². The minimum atomic E-state index is -0.0205. The highest BCUT2D eigenvalue weighted by Gasteiger charge is 2.18. The van der Waals surface area contributed by atoms with Gasteiger partial charge in [0.1, 0.15) is 0 Å². The molecule has 0 aliphatic rings. The zero-order valence-corrected chi connectivity index (χ0v) is 17.6. The second kappa shape index (κ2) is 8.36. The molecule has 4 rings (SSSR count). The predicted molar refractivity (Wildman–Crippen MR) is 112 cm³/mol. The number of benzene rings is 1. The molecular weight excluding hydrogens is 388 g/mol. The topological polar surface area (TPSA) is 91.1 Å². The third-order valence-corrected chi connectivity index (χ3v) is 5.70. The Kier molecular flexibility index (Phi) is 5.66. The van der Waals surface area contributed by atoms with E-state index in [4.69, 9.17) is 4.52 Å². The number of aryl methyl sites for hydroxylation is 1. The van der Waals surface area contributed by atoms with E-state index in [-0.39, 0.29) is 11.5 Å². The summed E-state index contributed by atoms with van der Waals surface area (Å²) < 4.78 is 8.97. The summed E-state index contributed by atoms with van der Waals surface area (Å²) in [6.45, 7) is 6.81. The maximum Gasteiger partial charge on any atom is 0.262 e. The molecular formula is C20H24N6O2S. The third-order valence-electron chi connectivity index (χ3n) is 4.77. The second-order valence-electron chi connectivity index (χ2n) is 7.29. The highest BCUT2D eigenvalue weighted by molar-refractivity contribution is 7.98. The van der Waals surface area contributed by atoms with Gasteiger partial charge in [-0.15, -0.1) is 10.2 Å². The van der Waals surface area contributed by atoms with Crippen LogP contribution in [-0.2, 0) is 12.3 Å². The van der Waals surface area contributed by atoms with Crippen molar-refractivity contribution in [1.82, 2.24) is 29.3 Å². The number of unbranched alkanes of at least 4 members (excludes halogenated alkanes) is 2. The molecule has 0 unspecified atom stereocenters. The predicted octanol–water partition coefficient (Wildman–Crippen LogP) is 4.03. The molecule has 0 saturated carbocycles. The molecule has 0 aliphatic carbocycles. The van der Waals surface area contributed by atoms with Gasteiger partial charge >= 0.3 is 0 Å². The summed E-state index contributed by atoms with van der Waals surface area (Å²) in [5.74, 6) is 2.53. The first kappa shape index (κ1) is 19.6. The molecule has 29 heavy (non-hydrogen) atoms. The fourth-order valence-corrected chi connectivity index (χ4v) is 4.02. The zero-order chi connectivity index (χ0) is 20.4. The summed E-state index contributed by atoms with van der Waals surface area (Å²) in [6.07, 6.45) is 3.09. The Bertz CT molecular complexity index is 1190. The van der Waals surface area contributed by atoms with Crippen LogP contribution in [0.4, 0.5) is 0 Å². The average Bonchev–Trinajstić information content (AvgIpc) is 3.36. The lowest BCUT2D eigenvalue weighted by atomic mass is 10.2. The molecule has 3 heterocycles. The molecule has 8 nitrogen and oxygen atoms in total. The molecule has 0 amide bonds. The van der Waals surface area contributed by atoms with Gasteiger partial charge in [-0.2, -0.15) is 4.98 Å². The SMILES string of the molecule is CCCCCn1c(=O)c2ccccc2n2c(SCc3noc(C(C)C)n3)nnc12. The van der Waals surface area contributed by atoms with Gasteiger partial charge in [0.2, 0.25) is 11.7 Å². The number of hydrogen-bond acceptors (Lipinski definition) is 7. The van der Waals surface area contributed by atoms with Gasteiger partial charge < -0.3 is 4.52 Å². The average molecular weight is 413 g/mol. The summed E-state index contributed by atoms with van der Waals surface area (Å²) in [4.78, 5) is 17.5. The number of rotatable bonds is 8. The van der Waals surface area contributed by atoms with Gasteiger partial charge in [-0.3, -0.25) is 13.8 Å². The van der Waals surface area contributed by atoms with Crippen LogP contribution in [0.25, 0.3) is 16.7 Å². The molecule has 3 aromatic heterocycles. The van der Waals surface area contributed by atoms with Crippen LogP contribution < -0.4 is 5.56 Å². The van der Waals surface area contributed by atoms with Gasteiger partial charge in [0.05, 0.1) is 16.7 Å². The molecule has 0 bridgehead atoms. The largest absolute Gasteiger partial charge is 0.339 e. The fraction of sp³-hybridized carbons (Fsp3) is 0.450. The van der Waals surface area contributed by atoms with Gasteiger partial charge in [-0.25, -0.2) is 0 Å². The molecule has 0 radical (unpaired) electrons. The van der Waals surface area contributed by atoms with E-state index in [9.17, 15) is 4.79 Å². The van der Waals surface area contributed by atoms with E-state index in [1.807, 2.05) is 42.5 Å². The molecule has 0 N–H and O–H groups in total. The number of hydrogen-bond donors (Lipinski definition) is 0. The van der Waals surface area contributed by atoms with E-state index in [0.29, 0.717) is 40.3 Å². The Morgan fingerprint density at radius 2 is 2.00 bits per heavy atom. The Labute approximate surface area is 172 Å². The molecule has 4 aromatic rings. The third kappa shape index (κ3) is 3.78. The molecule has 0 fully saturated rings. The molecule has 0 atom stereocenters.